The summed E-state index contributed by atoms with van der Waals surface area (Å²) in [5, 5.41) is 4.21. The first kappa shape index (κ1) is 13.6. The van der Waals surface area contributed by atoms with Crippen LogP contribution in [0.25, 0.3) is 0 Å². The van der Waals surface area contributed by atoms with E-state index in [2.05, 4.69) is 11.9 Å². The van der Waals surface area contributed by atoms with Gasteiger partial charge in [-0.3, -0.25) is 0 Å². The summed E-state index contributed by atoms with van der Waals surface area (Å²) in [5.74, 6) is 1.95. The third kappa shape index (κ3) is 4.16. The van der Waals surface area contributed by atoms with Crippen LogP contribution < -0.4 is 11.1 Å². The molecule has 0 radical (unpaired) electrons. The van der Waals surface area contributed by atoms with E-state index >= 15 is 0 Å². The van der Waals surface area contributed by atoms with E-state index in [1.54, 1.807) is 23.9 Å². The number of hydrogen-bond donors (Lipinski definition) is 2. The molecule has 0 fully saturated rings. The van der Waals surface area contributed by atoms with Gasteiger partial charge in [0.25, 0.3) is 0 Å². The molecule has 0 saturated heterocycles. The highest BCUT2D eigenvalue weighted by Gasteiger charge is 2.04. The zero-order valence-electron chi connectivity index (χ0n) is 8.80. The molecule has 3 N–H and O–H groups in total. The van der Waals surface area contributed by atoms with Crippen LogP contribution in [0.1, 0.15) is 0 Å². The molecule has 0 bridgehead atoms. The van der Waals surface area contributed by atoms with E-state index in [1.807, 2.05) is 6.08 Å². The molecule has 0 heterocycles. The van der Waals surface area contributed by atoms with Crippen molar-refractivity contribution in [3.05, 3.63) is 34.8 Å². The minimum Gasteiger partial charge on any atom is -0.397 e. The van der Waals surface area contributed by atoms with Crippen molar-refractivity contribution in [2.24, 2.45) is 0 Å². The number of nitrogens with two attached hydrogens (primary N) is 1. The van der Waals surface area contributed by atoms with Crippen molar-refractivity contribution in [3.8, 4) is 0 Å². The lowest BCUT2D eigenvalue weighted by Gasteiger charge is -2.10. The maximum absolute atomic E-state index is 5.90. The van der Waals surface area contributed by atoms with Gasteiger partial charge in [-0.1, -0.05) is 29.3 Å². The Bertz CT molecular complexity index is 369. The quantitative estimate of drug-likeness (QED) is 0.470. The van der Waals surface area contributed by atoms with Crippen LogP contribution in [0, 0.1) is 0 Å². The Morgan fingerprint density at radius 3 is 2.75 bits per heavy atom. The molecular weight excluding hydrogens is 263 g/mol. The number of thioether (sulfide) groups is 1. The van der Waals surface area contributed by atoms with Gasteiger partial charge in [-0.2, -0.15) is 11.8 Å². The van der Waals surface area contributed by atoms with Gasteiger partial charge in [0, 0.05) is 18.1 Å². The van der Waals surface area contributed by atoms with Gasteiger partial charge in [-0.25, -0.2) is 0 Å². The average Bonchev–Trinajstić information content (AvgIpc) is 2.25. The van der Waals surface area contributed by atoms with E-state index in [1.165, 1.54) is 0 Å². The van der Waals surface area contributed by atoms with Gasteiger partial charge < -0.3 is 11.1 Å². The van der Waals surface area contributed by atoms with Gasteiger partial charge in [0.05, 0.1) is 21.4 Å². The summed E-state index contributed by atoms with van der Waals surface area (Å²) in [6.07, 6.45) is 1.89. The molecule has 0 aliphatic rings. The van der Waals surface area contributed by atoms with Crippen molar-refractivity contribution in [2.75, 3.05) is 29.1 Å². The van der Waals surface area contributed by atoms with Crippen molar-refractivity contribution in [1.82, 2.24) is 0 Å². The number of nitrogens with one attached hydrogen (secondary N) is 1. The van der Waals surface area contributed by atoms with Crippen LogP contribution in [0.5, 0.6) is 0 Å². The molecule has 2 nitrogen and oxygen atoms in total. The molecule has 16 heavy (non-hydrogen) atoms. The number of hydrogen-bond acceptors (Lipinski definition) is 3. The average molecular weight is 277 g/mol. The minimum atomic E-state index is 0.478. The minimum absolute atomic E-state index is 0.478. The van der Waals surface area contributed by atoms with Gasteiger partial charge in [-0.05, 0) is 12.1 Å². The van der Waals surface area contributed by atoms with E-state index in [-0.39, 0.29) is 0 Å². The normalized spacial score (nSPS) is 10.1. The molecule has 1 aromatic carbocycles. The van der Waals surface area contributed by atoms with Gasteiger partial charge in [0.15, 0.2) is 0 Å². The van der Waals surface area contributed by atoms with Crippen LogP contribution in [0.15, 0.2) is 24.8 Å². The number of anilines is 2. The molecule has 0 aromatic heterocycles. The first-order chi connectivity index (χ1) is 7.65. The van der Waals surface area contributed by atoms with Gasteiger partial charge in [0.2, 0.25) is 0 Å². The third-order valence-corrected chi connectivity index (χ3v) is 3.58. The first-order valence-electron chi connectivity index (χ1n) is 4.82. The van der Waals surface area contributed by atoms with Crippen LogP contribution in [-0.4, -0.2) is 18.1 Å². The highest BCUT2D eigenvalue weighted by molar-refractivity contribution is 7.99. The predicted octanol–water partition coefficient (Wildman–Crippen LogP) is 3.91. The van der Waals surface area contributed by atoms with Crippen LogP contribution in [-0.2, 0) is 0 Å². The second-order valence-electron chi connectivity index (χ2n) is 3.14. The van der Waals surface area contributed by atoms with Gasteiger partial charge in [-0.15, -0.1) is 6.58 Å². The Hall–Kier alpha value is -0.510. The van der Waals surface area contributed by atoms with Crippen molar-refractivity contribution < 1.29 is 0 Å². The van der Waals surface area contributed by atoms with E-state index in [0.717, 1.165) is 23.7 Å². The third-order valence-electron chi connectivity index (χ3n) is 1.89. The Morgan fingerprint density at radius 1 is 1.38 bits per heavy atom. The van der Waals surface area contributed by atoms with E-state index in [4.69, 9.17) is 28.9 Å². The lowest BCUT2D eigenvalue weighted by molar-refractivity contribution is 1.23. The van der Waals surface area contributed by atoms with Crippen LogP contribution in [0.3, 0.4) is 0 Å². The SMILES string of the molecule is C=CCSCCNc1cc(Cl)c(Cl)cc1N. The summed E-state index contributed by atoms with van der Waals surface area (Å²) in [6.45, 7) is 4.49. The number of halogens is 2. The standard InChI is InChI=1S/C11H14Cl2N2S/c1-2-4-16-5-3-15-11-7-9(13)8(12)6-10(11)14/h2,6-7,15H,1,3-5,14H2. The molecule has 0 unspecified atom stereocenters. The topological polar surface area (TPSA) is 38.0 Å². The predicted molar refractivity (Wildman–Crippen MR) is 76.9 cm³/mol. The summed E-state index contributed by atoms with van der Waals surface area (Å²) in [7, 11) is 0. The fourth-order valence-corrected chi connectivity index (χ4v) is 2.06. The summed E-state index contributed by atoms with van der Waals surface area (Å²) >= 11 is 13.5. The highest BCUT2D eigenvalue weighted by atomic mass is 35.5. The van der Waals surface area contributed by atoms with E-state index in [0.29, 0.717) is 15.7 Å². The molecule has 0 aliphatic carbocycles. The number of rotatable bonds is 6. The van der Waals surface area contributed by atoms with Crippen molar-refractivity contribution in [2.45, 2.75) is 0 Å². The monoisotopic (exact) mass is 276 g/mol. The molecule has 0 atom stereocenters. The zero-order chi connectivity index (χ0) is 12.0. The summed E-state index contributed by atoms with van der Waals surface area (Å²) in [4.78, 5) is 0. The van der Waals surface area contributed by atoms with Crippen LogP contribution >= 0.6 is 35.0 Å². The molecule has 5 heteroatoms. The molecule has 0 saturated carbocycles. The molecule has 0 amide bonds. The Labute approximate surface area is 110 Å². The fourth-order valence-electron chi connectivity index (χ4n) is 1.14. The molecule has 1 rings (SSSR count). The van der Waals surface area contributed by atoms with Crippen LogP contribution in [0.4, 0.5) is 11.4 Å². The Kier molecular flexibility index (Phi) is 5.88. The lowest BCUT2D eigenvalue weighted by atomic mass is 10.2. The maximum atomic E-state index is 5.90. The molecule has 88 valence electrons. The van der Waals surface area contributed by atoms with Crippen molar-refractivity contribution in [3.63, 3.8) is 0 Å². The maximum Gasteiger partial charge on any atom is 0.0614 e. The second-order valence-corrected chi connectivity index (χ2v) is 5.11. The summed E-state index contributed by atoms with van der Waals surface area (Å²) < 4.78 is 0. The molecular formula is C11H14Cl2N2S. The van der Waals surface area contributed by atoms with Crippen LogP contribution in [0.2, 0.25) is 10.0 Å². The molecule has 0 aliphatic heterocycles. The highest BCUT2D eigenvalue weighted by Crippen LogP contribution is 2.30. The van der Waals surface area contributed by atoms with Crippen molar-refractivity contribution in [1.29, 1.82) is 0 Å². The first-order valence-corrected chi connectivity index (χ1v) is 6.73. The van der Waals surface area contributed by atoms with E-state index in [9.17, 15) is 0 Å². The van der Waals surface area contributed by atoms with Gasteiger partial charge >= 0.3 is 0 Å². The fraction of sp³-hybridized carbons (Fsp3) is 0.273. The number of nitrogen functional groups attached to an aromatic ring is 1. The van der Waals surface area contributed by atoms with Gasteiger partial charge in [0.1, 0.15) is 0 Å². The Morgan fingerprint density at radius 2 is 2.06 bits per heavy atom. The smallest absolute Gasteiger partial charge is 0.0614 e. The lowest BCUT2D eigenvalue weighted by Crippen LogP contribution is -2.06. The second kappa shape index (κ2) is 6.94. The molecule has 1 aromatic rings. The number of benzene rings is 1. The zero-order valence-corrected chi connectivity index (χ0v) is 11.1. The summed E-state index contributed by atoms with van der Waals surface area (Å²) in [5.41, 5.74) is 7.24. The van der Waals surface area contributed by atoms with E-state index < -0.39 is 0 Å². The Balaban J connectivity index is 2.47. The molecule has 0 spiro atoms. The summed E-state index contributed by atoms with van der Waals surface area (Å²) in [6, 6.07) is 3.40. The van der Waals surface area contributed by atoms with Crippen molar-refractivity contribution >= 4 is 46.3 Å². The largest absolute Gasteiger partial charge is 0.397 e.